The number of benzene rings is 2. The lowest BCUT2D eigenvalue weighted by atomic mass is 10.0. The normalized spacial score (nSPS) is 10.5. The third-order valence-corrected chi connectivity index (χ3v) is 3.59. The van der Waals surface area contributed by atoms with E-state index >= 15 is 0 Å². The number of rotatable bonds is 2. The summed E-state index contributed by atoms with van der Waals surface area (Å²) in [5.41, 5.74) is 0.329. The molecule has 0 saturated carbocycles. The SMILES string of the molecule is O=C(O)c1cc(-c2ccc(Cl)cc2F)cc(I)c1O. The fourth-order valence-electron chi connectivity index (χ4n) is 1.64. The Hall–Kier alpha value is -1.34. The van der Waals surface area contributed by atoms with Gasteiger partial charge in [-0.2, -0.15) is 0 Å². The maximum absolute atomic E-state index is 13.8. The Morgan fingerprint density at radius 3 is 2.53 bits per heavy atom. The van der Waals surface area contributed by atoms with Crippen molar-refractivity contribution in [3.05, 3.63) is 50.3 Å². The van der Waals surface area contributed by atoms with Crippen LogP contribution in [0.2, 0.25) is 5.02 Å². The molecule has 0 bridgehead atoms. The van der Waals surface area contributed by atoms with Gasteiger partial charge in [-0.1, -0.05) is 11.6 Å². The summed E-state index contributed by atoms with van der Waals surface area (Å²) < 4.78 is 14.1. The molecular formula is C13H7ClFIO3. The summed E-state index contributed by atoms with van der Waals surface area (Å²) in [6, 6.07) is 6.86. The molecule has 0 radical (unpaired) electrons. The summed E-state index contributed by atoms with van der Waals surface area (Å²) in [6.07, 6.45) is 0. The Morgan fingerprint density at radius 2 is 1.95 bits per heavy atom. The first-order chi connectivity index (χ1) is 8.90. The van der Waals surface area contributed by atoms with Crippen molar-refractivity contribution in [3.63, 3.8) is 0 Å². The monoisotopic (exact) mass is 392 g/mol. The lowest BCUT2D eigenvalue weighted by Gasteiger charge is -2.08. The van der Waals surface area contributed by atoms with Crippen molar-refractivity contribution in [2.75, 3.05) is 0 Å². The highest BCUT2D eigenvalue weighted by Crippen LogP contribution is 2.33. The first-order valence-corrected chi connectivity index (χ1v) is 6.57. The lowest BCUT2D eigenvalue weighted by Crippen LogP contribution is -1.99. The molecule has 0 unspecified atom stereocenters. The van der Waals surface area contributed by atoms with E-state index in [0.717, 1.165) is 6.07 Å². The predicted octanol–water partition coefficient (Wildman–Crippen LogP) is 4.15. The Morgan fingerprint density at radius 1 is 1.26 bits per heavy atom. The standard InChI is InChI=1S/C13H7ClFIO3/c14-7-1-2-8(10(15)5-7)6-3-9(13(18)19)12(17)11(16)4-6/h1-5,17H,(H,18,19). The molecule has 0 spiro atoms. The minimum atomic E-state index is -1.27. The molecule has 98 valence electrons. The predicted molar refractivity (Wildman–Crippen MR) is 78.2 cm³/mol. The van der Waals surface area contributed by atoms with E-state index in [1.807, 2.05) is 0 Å². The summed E-state index contributed by atoms with van der Waals surface area (Å²) in [5, 5.41) is 18.9. The molecule has 2 aromatic rings. The molecule has 0 atom stereocenters. The zero-order valence-electron chi connectivity index (χ0n) is 9.32. The number of carbonyl (C=O) groups is 1. The number of carboxylic acids is 1. The van der Waals surface area contributed by atoms with E-state index in [2.05, 4.69) is 0 Å². The van der Waals surface area contributed by atoms with Crippen LogP contribution in [0.3, 0.4) is 0 Å². The van der Waals surface area contributed by atoms with Gasteiger partial charge in [0.15, 0.2) is 0 Å². The quantitative estimate of drug-likeness (QED) is 0.755. The second kappa shape index (κ2) is 5.34. The number of halogens is 3. The smallest absolute Gasteiger partial charge is 0.339 e. The van der Waals surface area contributed by atoms with Gasteiger partial charge >= 0.3 is 5.97 Å². The van der Waals surface area contributed by atoms with Gasteiger partial charge in [0.25, 0.3) is 0 Å². The van der Waals surface area contributed by atoms with Crippen molar-refractivity contribution in [2.24, 2.45) is 0 Å². The van der Waals surface area contributed by atoms with Gasteiger partial charge in [-0.3, -0.25) is 0 Å². The zero-order chi connectivity index (χ0) is 14.2. The number of aromatic carboxylic acids is 1. The van der Waals surface area contributed by atoms with Crippen LogP contribution < -0.4 is 0 Å². The third-order valence-electron chi connectivity index (χ3n) is 2.54. The van der Waals surface area contributed by atoms with Crippen molar-refractivity contribution in [1.82, 2.24) is 0 Å². The van der Waals surface area contributed by atoms with Crippen LogP contribution >= 0.6 is 34.2 Å². The van der Waals surface area contributed by atoms with E-state index in [9.17, 15) is 14.3 Å². The van der Waals surface area contributed by atoms with Crippen LogP contribution in [0.1, 0.15) is 10.4 Å². The summed E-state index contributed by atoms with van der Waals surface area (Å²) >= 11 is 7.46. The van der Waals surface area contributed by atoms with Crippen molar-refractivity contribution in [3.8, 4) is 16.9 Å². The van der Waals surface area contributed by atoms with Gasteiger partial charge in [-0.05, 0) is 58.5 Å². The van der Waals surface area contributed by atoms with Gasteiger partial charge in [-0.25, -0.2) is 9.18 Å². The van der Waals surface area contributed by atoms with Gasteiger partial charge in [0.1, 0.15) is 17.1 Å². The summed E-state index contributed by atoms with van der Waals surface area (Å²) in [7, 11) is 0. The number of hydrogen-bond acceptors (Lipinski definition) is 2. The number of hydrogen-bond donors (Lipinski definition) is 2. The second-order valence-corrected chi connectivity index (χ2v) is 5.38. The van der Waals surface area contributed by atoms with Gasteiger partial charge in [0.05, 0.1) is 3.57 Å². The Kier molecular flexibility index (Phi) is 3.96. The Balaban J connectivity index is 2.66. The van der Waals surface area contributed by atoms with Crippen LogP contribution in [0.15, 0.2) is 30.3 Å². The maximum atomic E-state index is 13.8. The molecule has 0 aliphatic rings. The van der Waals surface area contributed by atoms with E-state index in [1.165, 1.54) is 24.3 Å². The molecule has 0 saturated heterocycles. The first kappa shape index (κ1) is 14.1. The van der Waals surface area contributed by atoms with Crippen molar-refractivity contribution in [2.45, 2.75) is 0 Å². The van der Waals surface area contributed by atoms with Gasteiger partial charge < -0.3 is 10.2 Å². The van der Waals surface area contributed by atoms with Crippen LogP contribution in [0, 0.1) is 9.39 Å². The fourth-order valence-corrected chi connectivity index (χ4v) is 2.43. The van der Waals surface area contributed by atoms with E-state index in [1.54, 1.807) is 22.6 Å². The van der Waals surface area contributed by atoms with Crippen molar-refractivity contribution < 1.29 is 19.4 Å². The molecule has 19 heavy (non-hydrogen) atoms. The number of phenols is 1. The average Bonchev–Trinajstić information content (AvgIpc) is 2.32. The average molecular weight is 393 g/mol. The lowest BCUT2D eigenvalue weighted by molar-refractivity contribution is 0.0693. The molecule has 2 rings (SSSR count). The van der Waals surface area contributed by atoms with E-state index in [-0.39, 0.29) is 21.9 Å². The van der Waals surface area contributed by atoms with Gasteiger partial charge in [0.2, 0.25) is 0 Å². The summed E-state index contributed by atoms with van der Waals surface area (Å²) in [5.74, 6) is -2.15. The minimum Gasteiger partial charge on any atom is -0.506 e. The second-order valence-electron chi connectivity index (χ2n) is 3.78. The minimum absolute atomic E-state index is 0.227. The highest BCUT2D eigenvalue weighted by atomic mass is 127. The van der Waals surface area contributed by atoms with Crippen LogP contribution in [0.25, 0.3) is 11.1 Å². The first-order valence-electron chi connectivity index (χ1n) is 5.11. The van der Waals surface area contributed by atoms with Crippen molar-refractivity contribution in [1.29, 1.82) is 0 Å². The molecule has 3 nitrogen and oxygen atoms in total. The highest BCUT2D eigenvalue weighted by Gasteiger charge is 2.16. The van der Waals surface area contributed by atoms with Crippen molar-refractivity contribution >= 4 is 40.2 Å². The summed E-state index contributed by atoms with van der Waals surface area (Å²) in [6.45, 7) is 0. The fraction of sp³-hybridized carbons (Fsp3) is 0. The number of aromatic hydroxyl groups is 1. The summed E-state index contributed by atoms with van der Waals surface area (Å²) in [4.78, 5) is 11.0. The topological polar surface area (TPSA) is 57.5 Å². The molecule has 0 amide bonds. The molecule has 0 aliphatic carbocycles. The van der Waals surface area contributed by atoms with Crippen LogP contribution in [-0.4, -0.2) is 16.2 Å². The molecule has 2 aromatic carbocycles. The molecule has 2 N–H and O–H groups in total. The van der Waals surface area contributed by atoms with E-state index < -0.39 is 11.8 Å². The molecule has 6 heteroatoms. The van der Waals surface area contributed by atoms with E-state index in [0.29, 0.717) is 9.13 Å². The number of carboxylic acid groups (broad SMARTS) is 1. The Labute approximate surface area is 126 Å². The van der Waals surface area contributed by atoms with E-state index in [4.69, 9.17) is 16.7 Å². The molecular weight excluding hydrogens is 385 g/mol. The zero-order valence-corrected chi connectivity index (χ0v) is 12.2. The van der Waals surface area contributed by atoms with Crippen LogP contribution in [0.4, 0.5) is 4.39 Å². The van der Waals surface area contributed by atoms with Crippen LogP contribution in [0.5, 0.6) is 5.75 Å². The van der Waals surface area contributed by atoms with Gasteiger partial charge in [0, 0.05) is 10.6 Å². The molecule has 0 aromatic heterocycles. The molecule has 0 aliphatic heterocycles. The third kappa shape index (κ3) is 2.82. The molecule has 0 heterocycles. The van der Waals surface area contributed by atoms with Crippen LogP contribution in [-0.2, 0) is 0 Å². The Bertz CT molecular complexity index is 673. The largest absolute Gasteiger partial charge is 0.506 e. The van der Waals surface area contributed by atoms with Gasteiger partial charge in [-0.15, -0.1) is 0 Å². The maximum Gasteiger partial charge on any atom is 0.339 e. The highest BCUT2D eigenvalue weighted by molar-refractivity contribution is 14.1. The molecule has 0 fully saturated rings.